The summed E-state index contributed by atoms with van der Waals surface area (Å²) in [5.74, 6) is 2.07. The minimum Gasteiger partial charge on any atom is -0.478 e. The average molecular weight is 434 g/mol. The molecule has 1 aromatic rings. The summed E-state index contributed by atoms with van der Waals surface area (Å²) in [4.78, 5) is 8.91. The topological polar surface area (TPSA) is 58.5 Å². The van der Waals surface area contributed by atoms with E-state index in [0.29, 0.717) is 31.0 Å². The van der Waals surface area contributed by atoms with Crippen LogP contribution in [0.1, 0.15) is 46.6 Å². The summed E-state index contributed by atoms with van der Waals surface area (Å²) >= 11 is 0. The maximum absolute atomic E-state index is 5.48. The Kier molecular flexibility index (Phi) is 11.8. The van der Waals surface area contributed by atoms with Crippen LogP contribution < -0.4 is 15.4 Å². The van der Waals surface area contributed by atoms with Gasteiger partial charge in [0.25, 0.3) is 0 Å². The minimum atomic E-state index is 0. The number of hydrogen-bond donors (Lipinski definition) is 2. The zero-order valence-corrected chi connectivity index (χ0v) is 17.3. The SMILES string of the molecule is CCCOc1ccc(CN=C(NCC)NC(C)C(C)C)cn1.I. The number of halogens is 1. The monoisotopic (exact) mass is 434 g/mol. The first-order valence-electron chi connectivity index (χ1n) is 8.19. The first kappa shape index (κ1) is 21.9. The van der Waals surface area contributed by atoms with E-state index in [0.717, 1.165) is 24.5 Å². The lowest BCUT2D eigenvalue weighted by Gasteiger charge is -2.20. The molecule has 1 atom stereocenters. The van der Waals surface area contributed by atoms with E-state index in [2.05, 4.69) is 55.2 Å². The lowest BCUT2D eigenvalue weighted by Crippen LogP contribution is -2.44. The number of nitrogens with zero attached hydrogens (tertiary/aromatic N) is 2. The Morgan fingerprint density at radius 1 is 1.26 bits per heavy atom. The molecule has 0 amide bonds. The molecule has 5 nitrogen and oxygen atoms in total. The second-order valence-corrected chi connectivity index (χ2v) is 5.73. The van der Waals surface area contributed by atoms with Gasteiger partial charge in [0.05, 0.1) is 13.2 Å². The third-order valence-electron chi connectivity index (χ3n) is 3.38. The van der Waals surface area contributed by atoms with E-state index in [-0.39, 0.29) is 24.0 Å². The Morgan fingerprint density at radius 3 is 2.52 bits per heavy atom. The van der Waals surface area contributed by atoms with Crippen LogP contribution in [0.25, 0.3) is 0 Å². The van der Waals surface area contributed by atoms with Crippen LogP contribution in [0.4, 0.5) is 0 Å². The fourth-order valence-electron chi connectivity index (χ4n) is 1.67. The van der Waals surface area contributed by atoms with Crippen LogP contribution in [0.15, 0.2) is 23.3 Å². The zero-order valence-electron chi connectivity index (χ0n) is 14.9. The van der Waals surface area contributed by atoms with Crippen molar-refractivity contribution in [3.8, 4) is 5.88 Å². The van der Waals surface area contributed by atoms with E-state index in [9.17, 15) is 0 Å². The Morgan fingerprint density at radius 2 is 2.00 bits per heavy atom. The molecular weight excluding hydrogens is 403 g/mol. The van der Waals surface area contributed by atoms with Gasteiger partial charge in [-0.2, -0.15) is 0 Å². The molecule has 0 spiro atoms. The number of aliphatic imine (C=N–C) groups is 1. The van der Waals surface area contributed by atoms with Gasteiger partial charge >= 0.3 is 0 Å². The van der Waals surface area contributed by atoms with E-state index in [4.69, 9.17) is 4.74 Å². The second kappa shape index (κ2) is 12.4. The van der Waals surface area contributed by atoms with E-state index in [1.807, 2.05) is 18.3 Å². The molecule has 0 saturated heterocycles. The molecule has 0 radical (unpaired) electrons. The van der Waals surface area contributed by atoms with Crippen molar-refractivity contribution in [2.75, 3.05) is 13.2 Å². The lowest BCUT2D eigenvalue weighted by molar-refractivity contribution is 0.305. The highest BCUT2D eigenvalue weighted by atomic mass is 127. The summed E-state index contributed by atoms with van der Waals surface area (Å²) in [6.07, 6.45) is 2.81. The van der Waals surface area contributed by atoms with Crippen LogP contribution >= 0.6 is 24.0 Å². The fourth-order valence-corrected chi connectivity index (χ4v) is 1.67. The predicted octanol–water partition coefficient (Wildman–Crippen LogP) is 3.59. The summed E-state index contributed by atoms with van der Waals surface area (Å²) in [5, 5.41) is 6.69. The van der Waals surface area contributed by atoms with E-state index in [1.54, 1.807) is 0 Å². The van der Waals surface area contributed by atoms with Crippen LogP contribution in [0.2, 0.25) is 0 Å². The molecule has 2 N–H and O–H groups in total. The van der Waals surface area contributed by atoms with Gasteiger partial charge in [-0.3, -0.25) is 0 Å². The second-order valence-electron chi connectivity index (χ2n) is 5.73. The Hall–Kier alpha value is -1.05. The van der Waals surface area contributed by atoms with Crippen molar-refractivity contribution in [2.24, 2.45) is 10.9 Å². The van der Waals surface area contributed by atoms with Crippen molar-refractivity contribution in [3.63, 3.8) is 0 Å². The van der Waals surface area contributed by atoms with Crippen LogP contribution in [-0.2, 0) is 6.54 Å². The Bertz CT molecular complexity index is 448. The molecule has 1 rings (SSSR count). The number of hydrogen-bond acceptors (Lipinski definition) is 3. The van der Waals surface area contributed by atoms with Gasteiger partial charge in [-0.1, -0.05) is 26.8 Å². The Balaban J connectivity index is 0.00000484. The first-order valence-corrected chi connectivity index (χ1v) is 8.19. The van der Waals surface area contributed by atoms with Gasteiger partial charge in [0.15, 0.2) is 5.96 Å². The highest BCUT2D eigenvalue weighted by molar-refractivity contribution is 14.0. The molecular formula is C17H31IN4O. The molecule has 1 aromatic heterocycles. The van der Waals surface area contributed by atoms with Crippen molar-refractivity contribution in [3.05, 3.63) is 23.9 Å². The van der Waals surface area contributed by atoms with Gasteiger partial charge in [0.2, 0.25) is 5.88 Å². The van der Waals surface area contributed by atoms with E-state index in [1.165, 1.54) is 0 Å². The maximum atomic E-state index is 5.48. The van der Waals surface area contributed by atoms with Crippen molar-refractivity contribution in [2.45, 2.75) is 53.6 Å². The summed E-state index contributed by atoms with van der Waals surface area (Å²) in [7, 11) is 0. The van der Waals surface area contributed by atoms with Crippen molar-refractivity contribution < 1.29 is 4.74 Å². The largest absolute Gasteiger partial charge is 0.478 e. The third kappa shape index (κ3) is 8.98. The summed E-state index contributed by atoms with van der Waals surface area (Å²) in [6.45, 7) is 12.8. The molecule has 23 heavy (non-hydrogen) atoms. The molecule has 1 unspecified atom stereocenters. The highest BCUT2D eigenvalue weighted by Crippen LogP contribution is 2.09. The molecule has 6 heteroatoms. The number of rotatable bonds is 8. The quantitative estimate of drug-likeness (QED) is 0.373. The zero-order chi connectivity index (χ0) is 16.4. The van der Waals surface area contributed by atoms with Crippen LogP contribution in [0.5, 0.6) is 5.88 Å². The summed E-state index contributed by atoms with van der Waals surface area (Å²) in [5.41, 5.74) is 1.07. The molecule has 0 aliphatic rings. The predicted molar refractivity (Wildman–Crippen MR) is 108 cm³/mol. The average Bonchev–Trinajstić information content (AvgIpc) is 2.51. The molecule has 0 aliphatic carbocycles. The molecule has 1 heterocycles. The fraction of sp³-hybridized carbons (Fsp3) is 0.647. The molecule has 0 fully saturated rings. The van der Waals surface area contributed by atoms with Crippen molar-refractivity contribution in [1.82, 2.24) is 15.6 Å². The summed E-state index contributed by atoms with van der Waals surface area (Å²) in [6, 6.07) is 4.29. The van der Waals surface area contributed by atoms with Crippen LogP contribution in [0, 0.1) is 5.92 Å². The van der Waals surface area contributed by atoms with Gasteiger partial charge in [0.1, 0.15) is 0 Å². The summed E-state index contributed by atoms with van der Waals surface area (Å²) < 4.78 is 5.48. The number of nitrogens with one attached hydrogen (secondary N) is 2. The smallest absolute Gasteiger partial charge is 0.213 e. The Labute approximate surface area is 157 Å². The van der Waals surface area contributed by atoms with Crippen molar-refractivity contribution in [1.29, 1.82) is 0 Å². The molecule has 0 aliphatic heterocycles. The molecule has 0 bridgehead atoms. The van der Waals surface area contributed by atoms with E-state index >= 15 is 0 Å². The van der Waals surface area contributed by atoms with Gasteiger partial charge in [0, 0.05) is 24.8 Å². The number of pyridine rings is 1. The lowest BCUT2D eigenvalue weighted by atomic mass is 10.1. The van der Waals surface area contributed by atoms with Crippen molar-refractivity contribution >= 4 is 29.9 Å². The normalized spacial score (nSPS) is 12.5. The highest BCUT2D eigenvalue weighted by Gasteiger charge is 2.08. The van der Waals surface area contributed by atoms with Gasteiger partial charge in [-0.25, -0.2) is 9.98 Å². The van der Waals surface area contributed by atoms with Crippen LogP contribution in [0.3, 0.4) is 0 Å². The first-order chi connectivity index (χ1) is 10.6. The third-order valence-corrected chi connectivity index (χ3v) is 3.38. The van der Waals surface area contributed by atoms with Crippen LogP contribution in [-0.4, -0.2) is 30.1 Å². The number of ether oxygens (including phenoxy) is 1. The maximum Gasteiger partial charge on any atom is 0.213 e. The minimum absolute atomic E-state index is 0. The molecule has 0 saturated carbocycles. The number of aromatic nitrogens is 1. The van der Waals surface area contributed by atoms with Gasteiger partial charge < -0.3 is 15.4 Å². The van der Waals surface area contributed by atoms with Gasteiger partial charge in [-0.05, 0) is 31.7 Å². The molecule has 0 aromatic carbocycles. The number of guanidine groups is 1. The van der Waals surface area contributed by atoms with Gasteiger partial charge in [-0.15, -0.1) is 24.0 Å². The molecule has 132 valence electrons. The standard InChI is InChI=1S/C17H30N4O.HI/c1-6-10-22-16-9-8-15(11-19-16)12-20-17(18-7-2)21-14(5)13(3)4;/h8-9,11,13-14H,6-7,10,12H2,1-5H3,(H2,18,20,21);1H. The van der Waals surface area contributed by atoms with E-state index < -0.39 is 0 Å².